The number of anilines is 1. The van der Waals surface area contributed by atoms with Crippen LogP contribution in [0.4, 0.5) is 10.5 Å². The van der Waals surface area contributed by atoms with Gasteiger partial charge in [-0.2, -0.15) is 0 Å². The molecule has 0 aliphatic heterocycles. The first-order chi connectivity index (χ1) is 7.56. The van der Waals surface area contributed by atoms with Gasteiger partial charge >= 0.3 is 6.03 Å². The number of aromatic nitrogens is 2. The molecule has 2 aromatic heterocycles. The quantitative estimate of drug-likeness (QED) is 0.890. The van der Waals surface area contributed by atoms with E-state index in [1.54, 1.807) is 13.0 Å². The van der Waals surface area contributed by atoms with Gasteiger partial charge in [-0.3, -0.25) is 0 Å². The molecule has 0 saturated heterocycles. The van der Waals surface area contributed by atoms with Crippen LogP contribution in [0.3, 0.4) is 0 Å². The molecule has 0 radical (unpaired) electrons. The van der Waals surface area contributed by atoms with Crippen molar-refractivity contribution in [2.75, 3.05) is 5.32 Å². The fraction of sp³-hybridized carbons (Fsp3) is 0.125. The topological polar surface area (TPSA) is 94.0 Å². The SMILES string of the molecule is Cc1nnc(-c2sc(Br)cc2NC(N)=O)o1. The van der Waals surface area contributed by atoms with Crippen molar-refractivity contribution in [3.05, 3.63) is 15.7 Å². The minimum atomic E-state index is -0.636. The van der Waals surface area contributed by atoms with E-state index in [1.165, 1.54) is 11.3 Å². The maximum absolute atomic E-state index is 10.8. The molecule has 0 aliphatic rings. The van der Waals surface area contributed by atoms with Gasteiger partial charge in [0.1, 0.15) is 4.88 Å². The van der Waals surface area contributed by atoms with Crippen molar-refractivity contribution in [2.45, 2.75) is 6.92 Å². The molecule has 2 amide bonds. The molecule has 3 N–H and O–H groups in total. The van der Waals surface area contributed by atoms with Crippen LogP contribution in [0.15, 0.2) is 14.3 Å². The van der Waals surface area contributed by atoms with Gasteiger partial charge in [0.05, 0.1) is 9.47 Å². The Labute approximate surface area is 103 Å². The summed E-state index contributed by atoms with van der Waals surface area (Å²) in [5.41, 5.74) is 5.61. The number of carbonyl (C=O) groups excluding carboxylic acids is 1. The molecule has 0 atom stereocenters. The van der Waals surface area contributed by atoms with Crippen LogP contribution >= 0.6 is 27.3 Å². The van der Waals surface area contributed by atoms with E-state index in [0.29, 0.717) is 22.3 Å². The zero-order valence-electron chi connectivity index (χ0n) is 8.15. The summed E-state index contributed by atoms with van der Waals surface area (Å²) in [6.07, 6.45) is 0. The minimum Gasteiger partial charge on any atom is -0.420 e. The van der Waals surface area contributed by atoms with Crippen molar-refractivity contribution in [1.82, 2.24) is 10.2 Å². The van der Waals surface area contributed by atoms with E-state index in [1.807, 2.05) is 0 Å². The molecule has 0 spiro atoms. The molecule has 0 unspecified atom stereocenters. The number of nitrogens with one attached hydrogen (secondary N) is 1. The first-order valence-electron chi connectivity index (χ1n) is 4.22. The Bertz CT molecular complexity index is 536. The fourth-order valence-corrected chi connectivity index (χ4v) is 2.61. The van der Waals surface area contributed by atoms with Gasteiger partial charge < -0.3 is 15.5 Å². The molecule has 2 rings (SSSR count). The third-order valence-electron chi connectivity index (χ3n) is 1.68. The van der Waals surface area contributed by atoms with E-state index >= 15 is 0 Å². The molecule has 2 aromatic rings. The zero-order valence-corrected chi connectivity index (χ0v) is 10.6. The number of amides is 2. The summed E-state index contributed by atoms with van der Waals surface area (Å²) in [4.78, 5) is 11.5. The fourth-order valence-electron chi connectivity index (χ4n) is 1.13. The average Bonchev–Trinajstić information content (AvgIpc) is 2.72. The molecule has 16 heavy (non-hydrogen) atoms. The maximum Gasteiger partial charge on any atom is 0.316 e. The molecule has 0 saturated carbocycles. The molecule has 0 aromatic carbocycles. The van der Waals surface area contributed by atoms with Crippen LogP contribution in [-0.4, -0.2) is 16.2 Å². The van der Waals surface area contributed by atoms with Crippen molar-refractivity contribution in [3.8, 4) is 10.8 Å². The van der Waals surface area contributed by atoms with E-state index in [-0.39, 0.29) is 0 Å². The van der Waals surface area contributed by atoms with Gasteiger partial charge in [0, 0.05) is 6.92 Å². The number of rotatable bonds is 2. The lowest BCUT2D eigenvalue weighted by atomic mass is 10.4. The highest BCUT2D eigenvalue weighted by Crippen LogP contribution is 2.38. The molecule has 6 nitrogen and oxygen atoms in total. The Morgan fingerprint density at radius 3 is 2.94 bits per heavy atom. The van der Waals surface area contributed by atoms with Crippen LogP contribution in [-0.2, 0) is 0 Å². The second kappa shape index (κ2) is 4.22. The van der Waals surface area contributed by atoms with Crippen LogP contribution in [0.1, 0.15) is 5.89 Å². The summed E-state index contributed by atoms with van der Waals surface area (Å²) >= 11 is 4.69. The van der Waals surface area contributed by atoms with Crippen LogP contribution < -0.4 is 11.1 Å². The van der Waals surface area contributed by atoms with Gasteiger partial charge in [0.2, 0.25) is 5.89 Å². The minimum absolute atomic E-state index is 0.358. The first kappa shape index (κ1) is 11.1. The smallest absolute Gasteiger partial charge is 0.316 e. The van der Waals surface area contributed by atoms with Crippen molar-refractivity contribution in [1.29, 1.82) is 0 Å². The number of halogens is 1. The van der Waals surface area contributed by atoms with Crippen LogP contribution in [0.2, 0.25) is 0 Å². The van der Waals surface area contributed by atoms with E-state index in [4.69, 9.17) is 10.2 Å². The summed E-state index contributed by atoms with van der Waals surface area (Å²) in [5, 5.41) is 10.1. The summed E-state index contributed by atoms with van der Waals surface area (Å²) in [7, 11) is 0. The van der Waals surface area contributed by atoms with Crippen LogP contribution in [0.25, 0.3) is 10.8 Å². The molecule has 0 fully saturated rings. The third kappa shape index (κ3) is 2.22. The lowest BCUT2D eigenvalue weighted by molar-refractivity contribution is 0.259. The first-order valence-corrected chi connectivity index (χ1v) is 5.83. The van der Waals surface area contributed by atoms with Crippen LogP contribution in [0.5, 0.6) is 0 Å². The average molecular weight is 303 g/mol. The molecule has 84 valence electrons. The highest BCUT2D eigenvalue weighted by atomic mass is 79.9. The molecule has 8 heteroatoms. The van der Waals surface area contributed by atoms with Crippen molar-refractivity contribution >= 4 is 39.0 Å². The van der Waals surface area contributed by atoms with E-state index in [9.17, 15) is 4.79 Å². The number of hydrogen-bond donors (Lipinski definition) is 2. The number of nitrogens with two attached hydrogens (primary N) is 1. The Balaban J connectivity index is 2.43. The second-order valence-corrected chi connectivity index (χ2v) is 5.34. The van der Waals surface area contributed by atoms with E-state index in [2.05, 4.69) is 31.4 Å². The number of aryl methyl sites for hydroxylation is 1. The number of thiophene rings is 1. The Morgan fingerprint density at radius 1 is 1.62 bits per heavy atom. The lowest BCUT2D eigenvalue weighted by Crippen LogP contribution is -2.19. The molecular formula is C8H7BrN4O2S. The summed E-state index contributed by atoms with van der Waals surface area (Å²) < 4.78 is 6.12. The molecular weight excluding hydrogens is 296 g/mol. The van der Waals surface area contributed by atoms with Crippen LogP contribution in [0, 0.1) is 6.92 Å². The summed E-state index contributed by atoms with van der Waals surface area (Å²) in [5.74, 6) is 0.821. The van der Waals surface area contributed by atoms with Crippen molar-refractivity contribution < 1.29 is 9.21 Å². The lowest BCUT2D eigenvalue weighted by Gasteiger charge is -1.98. The highest BCUT2D eigenvalue weighted by molar-refractivity contribution is 9.11. The number of hydrogen-bond acceptors (Lipinski definition) is 5. The molecule has 0 bridgehead atoms. The normalized spacial score (nSPS) is 10.4. The Kier molecular flexibility index (Phi) is 2.92. The highest BCUT2D eigenvalue weighted by Gasteiger charge is 2.16. The maximum atomic E-state index is 10.8. The number of nitrogens with zero attached hydrogens (tertiary/aromatic N) is 2. The summed E-state index contributed by atoms with van der Waals surface area (Å²) in [6, 6.07) is 1.09. The van der Waals surface area contributed by atoms with Crippen molar-refractivity contribution in [2.24, 2.45) is 5.73 Å². The largest absolute Gasteiger partial charge is 0.420 e. The standard InChI is InChI=1S/C8H7BrN4O2S/c1-3-12-13-7(15-3)6-4(11-8(10)14)2-5(9)16-6/h2H,1H3,(H3,10,11,14). The number of urea groups is 1. The van der Waals surface area contributed by atoms with E-state index < -0.39 is 6.03 Å². The Morgan fingerprint density at radius 2 is 2.38 bits per heavy atom. The predicted molar refractivity (Wildman–Crippen MR) is 63.3 cm³/mol. The third-order valence-corrected chi connectivity index (χ3v) is 3.31. The monoisotopic (exact) mass is 302 g/mol. The number of primary amides is 1. The predicted octanol–water partition coefficient (Wildman–Crippen LogP) is 2.36. The second-order valence-electron chi connectivity index (χ2n) is 2.91. The van der Waals surface area contributed by atoms with Crippen molar-refractivity contribution in [3.63, 3.8) is 0 Å². The van der Waals surface area contributed by atoms with Gasteiger partial charge in [-0.1, -0.05) is 0 Å². The zero-order chi connectivity index (χ0) is 11.7. The van der Waals surface area contributed by atoms with E-state index in [0.717, 1.165) is 3.79 Å². The van der Waals surface area contributed by atoms with Gasteiger partial charge in [0.25, 0.3) is 5.89 Å². The van der Waals surface area contributed by atoms with Gasteiger partial charge in [0.15, 0.2) is 0 Å². The summed E-state index contributed by atoms with van der Waals surface area (Å²) in [6.45, 7) is 1.69. The molecule has 2 heterocycles. The van der Waals surface area contributed by atoms with Gasteiger partial charge in [-0.05, 0) is 22.0 Å². The Hall–Kier alpha value is -1.41. The number of carbonyl (C=O) groups is 1. The van der Waals surface area contributed by atoms with Gasteiger partial charge in [-0.15, -0.1) is 21.5 Å². The molecule has 0 aliphatic carbocycles. The van der Waals surface area contributed by atoms with Gasteiger partial charge in [-0.25, -0.2) is 4.79 Å².